The summed E-state index contributed by atoms with van der Waals surface area (Å²) in [5.41, 5.74) is 4.90. The molecule has 0 aliphatic carbocycles. The number of hydrogen-bond donors (Lipinski definition) is 2. The first-order chi connectivity index (χ1) is 12.7. The SMILES string of the molecule is CC1=C(C)Sc2ccccc2N1.c1ccc2c(c1)Nc1ccccc1S2. The highest BCUT2D eigenvalue weighted by Gasteiger charge is 2.13. The normalized spacial score (nSPS) is 13.9. The van der Waals surface area contributed by atoms with Crippen molar-refractivity contribution in [1.29, 1.82) is 0 Å². The highest BCUT2D eigenvalue weighted by molar-refractivity contribution is 8.03. The summed E-state index contributed by atoms with van der Waals surface area (Å²) in [5, 5.41) is 6.79. The lowest BCUT2D eigenvalue weighted by molar-refractivity contribution is 1.27. The molecule has 0 bridgehead atoms. The first kappa shape index (κ1) is 17.1. The van der Waals surface area contributed by atoms with Gasteiger partial charge in [-0.3, -0.25) is 0 Å². The van der Waals surface area contributed by atoms with E-state index in [9.17, 15) is 0 Å². The molecule has 3 aromatic rings. The Kier molecular flexibility index (Phi) is 4.96. The van der Waals surface area contributed by atoms with Crippen LogP contribution in [0.1, 0.15) is 13.8 Å². The third kappa shape index (κ3) is 3.62. The van der Waals surface area contributed by atoms with E-state index in [1.807, 2.05) is 23.5 Å². The van der Waals surface area contributed by atoms with E-state index in [2.05, 4.69) is 97.3 Å². The van der Waals surface area contributed by atoms with Crippen molar-refractivity contribution in [2.24, 2.45) is 0 Å². The Hall–Kier alpha value is -2.30. The minimum Gasteiger partial charge on any atom is -0.358 e. The van der Waals surface area contributed by atoms with Crippen LogP contribution in [0.3, 0.4) is 0 Å². The van der Waals surface area contributed by atoms with Gasteiger partial charge in [0.05, 0.1) is 17.1 Å². The highest BCUT2D eigenvalue weighted by Crippen LogP contribution is 2.43. The molecule has 2 heterocycles. The first-order valence-corrected chi connectivity index (χ1v) is 10.2. The van der Waals surface area contributed by atoms with Gasteiger partial charge in [-0.25, -0.2) is 0 Å². The van der Waals surface area contributed by atoms with Crippen molar-refractivity contribution >= 4 is 40.6 Å². The molecule has 0 atom stereocenters. The smallest absolute Gasteiger partial charge is 0.0526 e. The van der Waals surface area contributed by atoms with Gasteiger partial charge in [-0.1, -0.05) is 59.9 Å². The Bertz CT molecular complexity index is 859. The van der Waals surface area contributed by atoms with Gasteiger partial charge in [0.2, 0.25) is 0 Å². The molecule has 4 heteroatoms. The van der Waals surface area contributed by atoms with Gasteiger partial charge in [0.1, 0.15) is 0 Å². The Morgan fingerprint density at radius 3 is 1.50 bits per heavy atom. The number of rotatable bonds is 0. The Morgan fingerprint density at radius 2 is 0.962 bits per heavy atom. The monoisotopic (exact) mass is 376 g/mol. The van der Waals surface area contributed by atoms with E-state index in [0.29, 0.717) is 0 Å². The van der Waals surface area contributed by atoms with Crippen molar-refractivity contribution < 1.29 is 0 Å². The van der Waals surface area contributed by atoms with Gasteiger partial charge in [-0.05, 0) is 50.2 Å². The van der Waals surface area contributed by atoms with Crippen LogP contribution in [-0.4, -0.2) is 0 Å². The van der Waals surface area contributed by atoms with E-state index in [0.717, 1.165) is 0 Å². The molecule has 2 aliphatic rings. The number of hydrogen-bond acceptors (Lipinski definition) is 4. The van der Waals surface area contributed by atoms with Gasteiger partial charge in [-0.15, -0.1) is 0 Å². The van der Waals surface area contributed by atoms with Crippen molar-refractivity contribution in [2.45, 2.75) is 28.5 Å². The van der Waals surface area contributed by atoms with Gasteiger partial charge in [0, 0.05) is 25.3 Å². The lowest BCUT2D eigenvalue weighted by Gasteiger charge is -2.19. The third-order valence-electron chi connectivity index (χ3n) is 4.26. The number of benzene rings is 3. The number of nitrogens with one attached hydrogen (secondary N) is 2. The molecule has 0 amide bonds. The van der Waals surface area contributed by atoms with E-state index in [1.165, 1.54) is 42.4 Å². The van der Waals surface area contributed by atoms with Gasteiger partial charge in [0.25, 0.3) is 0 Å². The standard InChI is InChI=1S/C12H9NS.C10H11NS/c1-3-7-11-9(5-1)13-10-6-2-4-8-12(10)14-11;1-7-8(2)12-10-6-4-3-5-9(10)11-7/h1-8,13H;3-6,11H,1-2H3. The lowest BCUT2D eigenvalue weighted by Crippen LogP contribution is -2.02. The van der Waals surface area contributed by atoms with Crippen LogP contribution < -0.4 is 10.6 Å². The minimum atomic E-state index is 1.20. The molecule has 0 spiro atoms. The van der Waals surface area contributed by atoms with Crippen LogP contribution in [0.5, 0.6) is 0 Å². The van der Waals surface area contributed by atoms with Crippen LogP contribution in [0.2, 0.25) is 0 Å². The lowest BCUT2D eigenvalue weighted by atomic mass is 10.2. The summed E-state index contributed by atoms with van der Waals surface area (Å²) >= 11 is 3.66. The molecule has 3 aromatic carbocycles. The minimum absolute atomic E-state index is 1.20. The molecule has 0 saturated heterocycles. The average molecular weight is 377 g/mol. The molecular weight excluding hydrogens is 356 g/mol. The predicted molar refractivity (Wildman–Crippen MR) is 115 cm³/mol. The maximum Gasteiger partial charge on any atom is 0.0526 e. The van der Waals surface area contributed by atoms with E-state index in [1.54, 1.807) is 0 Å². The van der Waals surface area contributed by atoms with Gasteiger partial charge >= 0.3 is 0 Å². The van der Waals surface area contributed by atoms with Gasteiger partial charge in [0.15, 0.2) is 0 Å². The molecule has 0 radical (unpaired) electrons. The fraction of sp³-hybridized carbons (Fsp3) is 0.0909. The maximum absolute atomic E-state index is 3.42. The summed E-state index contributed by atoms with van der Waals surface area (Å²) in [6.07, 6.45) is 0. The second-order valence-electron chi connectivity index (χ2n) is 6.12. The summed E-state index contributed by atoms with van der Waals surface area (Å²) in [7, 11) is 0. The number of fused-ring (bicyclic) bond motifs is 3. The van der Waals surface area contributed by atoms with Gasteiger partial charge < -0.3 is 10.6 Å². The Labute approximate surface area is 163 Å². The zero-order chi connectivity index (χ0) is 17.9. The number of thioether (sulfide) groups is 1. The first-order valence-electron chi connectivity index (χ1n) is 8.55. The fourth-order valence-electron chi connectivity index (χ4n) is 2.77. The summed E-state index contributed by atoms with van der Waals surface area (Å²) in [5.74, 6) is 0. The maximum atomic E-state index is 3.42. The Balaban J connectivity index is 0.000000131. The molecule has 130 valence electrons. The summed E-state index contributed by atoms with van der Waals surface area (Å²) in [6, 6.07) is 25.1. The van der Waals surface area contributed by atoms with Crippen LogP contribution in [0.15, 0.2) is 98.1 Å². The average Bonchev–Trinajstić information content (AvgIpc) is 2.68. The van der Waals surface area contributed by atoms with Crippen LogP contribution in [0.25, 0.3) is 0 Å². The van der Waals surface area contributed by atoms with Crippen LogP contribution in [0.4, 0.5) is 17.1 Å². The zero-order valence-corrected chi connectivity index (χ0v) is 16.4. The molecule has 0 saturated carbocycles. The molecule has 0 aromatic heterocycles. The molecular formula is C22H20N2S2. The molecule has 26 heavy (non-hydrogen) atoms. The number of anilines is 3. The molecule has 2 nitrogen and oxygen atoms in total. The van der Waals surface area contributed by atoms with Crippen molar-refractivity contribution in [3.05, 3.63) is 83.4 Å². The number of para-hydroxylation sites is 3. The second-order valence-corrected chi connectivity index (χ2v) is 8.46. The van der Waals surface area contributed by atoms with Crippen LogP contribution >= 0.6 is 23.5 Å². The zero-order valence-electron chi connectivity index (χ0n) is 14.7. The highest BCUT2D eigenvalue weighted by atomic mass is 32.2. The fourth-order valence-corrected chi connectivity index (χ4v) is 4.67. The van der Waals surface area contributed by atoms with E-state index >= 15 is 0 Å². The largest absolute Gasteiger partial charge is 0.358 e. The van der Waals surface area contributed by atoms with Crippen LogP contribution in [-0.2, 0) is 0 Å². The quantitative estimate of drug-likeness (QED) is 0.335. The third-order valence-corrected chi connectivity index (χ3v) is 6.60. The van der Waals surface area contributed by atoms with Gasteiger partial charge in [-0.2, -0.15) is 0 Å². The number of allylic oxidation sites excluding steroid dienone is 2. The van der Waals surface area contributed by atoms with Crippen molar-refractivity contribution in [3.8, 4) is 0 Å². The summed E-state index contributed by atoms with van der Waals surface area (Å²) in [6.45, 7) is 4.25. The molecule has 0 unspecified atom stereocenters. The molecule has 5 rings (SSSR count). The summed E-state index contributed by atoms with van der Waals surface area (Å²) in [4.78, 5) is 5.27. The molecule has 0 fully saturated rings. The Morgan fingerprint density at radius 1 is 0.538 bits per heavy atom. The van der Waals surface area contributed by atoms with Crippen molar-refractivity contribution in [1.82, 2.24) is 0 Å². The second kappa shape index (κ2) is 7.52. The van der Waals surface area contributed by atoms with E-state index < -0.39 is 0 Å². The molecule has 2 aliphatic heterocycles. The van der Waals surface area contributed by atoms with Crippen molar-refractivity contribution in [2.75, 3.05) is 10.6 Å². The molecule has 2 N–H and O–H groups in total. The van der Waals surface area contributed by atoms with E-state index in [-0.39, 0.29) is 0 Å². The summed E-state index contributed by atoms with van der Waals surface area (Å²) < 4.78 is 0. The predicted octanol–water partition coefficient (Wildman–Crippen LogP) is 7.35. The van der Waals surface area contributed by atoms with E-state index in [4.69, 9.17) is 0 Å². The van der Waals surface area contributed by atoms with Crippen molar-refractivity contribution in [3.63, 3.8) is 0 Å². The van der Waals surface area contributed by atoms with Crippen LogP contribution in [0, 0.1) is 0 Å². The topological polar surface area (TPSA) is 24.1 Å².